The van der Waals surface area contributed by atoms with Crippen molar-refractivity contribution in [3.8, 4) is 17.2 Å². The van der Waals surface area contributed by atoms with Crippen molar-refractivity contribution in [3.63, 3.8) is 0 Å². The van der Waals surface area contributed by atoms with Crippen molar-refractivity contribution in [1.29, 1.82) is 0 Å². The van der Waals surface area contributed by atoms with Gasteiger partial charge in [-0.3, -0.25) is 4.79 Å². The Morgan fingerprint density at radius 2 is 1.80 bits per heavy atom. The molecule has 1 aliphatic rings. The molecule has 35 heavy (non-hydrogen) atoms. The van der Waals surface area contributed by atoms with Crippen LogP contribution in [0.15, 0.2) is 79.4 Å². The molecule has 182 valence electrons. The highest BCUT2D eigenvalue weighted by Crippen LogP contribution is 2.35. The van der Waals surface area contributed by atoms with Crippen LogP contribution in [0.5, 0.6) is 17.2 Å². The molecule has 0 aliphatic carbocycles. The lowest BCUT2D eigenvalue weighted by Gasteiger charge is -2.27. The molecular weight excluding hydrogens is 436 g/mol. The van der Waals surface area contributed by atoms with Crippen LogP contribution in [0.2, 0.25) is 0 Å². The minimum Gasteiger partial charge on any atom is -0.489 e. The molecule has 1 heterocycles. The molecule has 0 saturated heterocycles. The largest absolute Gasteiger partial charge is 0.489 e. The van der Waals surface area contributed by atoms with E-state index >= 15 is 0 Å². The zero-order valence-corrected chi connectivity index (χ0v) is 21.1. The van der Waals surface area contributed by atoms with Gasteiger partial charge < -0.3 is 14.2 Å². The van der Waals surface area contributed by atoms with E-state index in [9.17, 15) is 4.79 Å². The highest BCUT2D eigenvalue weighted by atomic mass is 16.5. The van der Waals surface area contributed by atoms with Gasteiger partial charge in [-0.2, -0.15) is 0 Å². The SMILES string of the molecule is C=CCOc1ccc(C(=O)/C=C/c2ccc3c(c2)C=CC(C)(C)O3)c(OCC=C)c1CC=C(C)C. The Morgan fingerprint density at radius 1 is 1.06 bits per heavy atom. The van der Waals surface area contributed by atoms with Gasteiger partial charge in [0.2, 0.25) is 0 Å². The van der Waals surface area contributed by atoms with Crippen LogP contribution in [-0.4, -0.2) is 24.6 Å². The topological polar surface area (TPSA) is 44.8 Å². The first-order valence-electron chi connectivity index (χ1n) is 11.8. The van der Waals surface area contributed by atoms with Crippen LogP contribution in [0.25, 0.3) is 12.2 Å². The van der Waals surface area contributed by atoms with Crippen molar-refractivity contribution in [1.82, 2.24) is 0 Å². The number of hydrogen-bond acceptors (Lipinski definition) is 4. The van der Waals surface area contributed by atoms with Crippen LogP contribution < -0.4 is 14.2 Å². The van der Waals surface area contributed by atoms with Crippen LogP contribution in [0.4, 0.5) is 0 Å². The van der Waals surface area contributed by atoms with Gasteiger partial charge >= 0.3 is 0 Å². The van der Waals surface area contributed by atoms with Crippen molar-refractivity contribution in [2.75, 3.05) is 13.2 Å². The Hall–Kier alpha value is -3.79. The van der Waals surface area contributed by atoms with Crippen molar-refractivity contribution in [2.24, 2.45) is 0 Å². The van der Waals surface area contributed by atoms with Gasteiger partial charge in [-0.25, -0.2) is 0 Å². The van der Waals surface area contributed by atoms with E-state index in [0.717, 1.165) is 22.4 Å². The molecule has 0 bridgehead atoms. The lowest BCUT2D eigenvalue weighted by molar-refractivity contribution is 0.104. The highest BCUT2D eigenvalue weighted by Gasteiger charge is 2.22. The minimum atomic E-state index is -0.326. The summed E-state index contributed by atoms with van der Waals surface area (Å²) in [4.78, 5) is 13.3. The van der Waals surface area contributed by atoms with Gasteiger partial charge in [0.05, 0.1) is 5.56 Å². The summed E-state index contributed by atoms with van der Waals surface area (Å²) < 4.78 is 17.9. The summed E-state index contributed by atoms with van der Waals surface area (Å²) in [6.07, 6.45) is 13.5. The molecule has 0 atom stereocenters. The Labute approximate surface area is 208 Å². The van der Waals surface area contributed by atoms with E-state index < -0.39 is 0 Å². The zero-order valence-electron chi connectivity index (χ0n) is 21.1. The number of fused-ring (bicyclic) bond motifs is 1. The molecule has 0 fully saturated rings. The summed E-state index contributed by atoms with van der Waals surface area (Å²) in [7, 11) is 0. The first-order chi connectivity index (χ1) is 16.7. The fourth-order valence-electron chi connectivity index (χ4n) is 3.66. The van der Waals surface area contributed by atoms with Crippen LogP contribution >= 0.6 is 0 Å². The standard InChI is InChI=1S/C31H34O4/c1-7-19-33-29-16-13-25(30(34-20-8-2)26(29)12-9-22(3)4)27(32)14-10-23-11-15-28-24(21-23)17-18-31(5,6)35-28/h7-11,13-18,21H,1-2,12,19-20H2,3-6H3/b14-10+. The molecule has 3 rings (SSSR count). The molecule has 0 saturated carbocycles. The summed E-state index contributed by atoms with van der Waals surface area (Å²) in [5.41, 5.74) is 4.05. The van der Waals surface area contributed by atoms with Gasteiger partial charge in [0.1, 0.15) is 36.1 Å². The number of hydrogen-bond donors (Lipinski definition) is 0. The predicted molar refractivity (Wildman–Crippen MR) is 145 cm³/mol. The van der Waals surface area contributed by atoms with E-state index in [4.69, 9.17) is 14.2 Å². The van der Waals surface area contributed by atoms with Crippen molar-refractivity contribution >= 4 is 17.9 Å². The quantitative estimate of drug-likeness (QED) is 0.195. The third kappa shape index (κ3) is 6.86. The first-order valence-corrected chi connectivity index (χ1v) is 11.8. The maximum Gasteiger partial charge on any atom is 0.189 e. The van der Waals surface area contributed by atoms with E-state index in [0.29, 0.717) is 30.1 Å². The number of ether oxygens (including phenoxy) is 3. The third-order valence-corrected chi connectivity index (χ3v) is 5.40. The van der Waals surface area contributed by atoms with Gasteiger partial charge in [0.25, 0.3) is 0 Å². The van der Waals surface area contributed by atoms with E-state index in [-0.39, 0.29) is 18.0 Å². The number of carbonyl (C=O) groups excluding carboxylic acids is 1. The first kappa shape index (κ1) is 25.8. The van der Waals surface area contributed by atoms with Gasteiger partial charge in [0.15, 0.2) is 5.78 Å². The molecular formula is C31H34O4. The molecule has 0 unspecified atom stereocenters. The summed E-state index contributed by atoms with van der Waals surface area (Å²) in [5, 5.41) is 0. The maximum absolute atomic E-state index is 13.3. The van der Waals surface area contributed by atoms with Crippen molar-refractivity contribution in [3.05, 3.63) is 102 Å². The second-order valence-electron chi connectivity index (χ2n) is 9.14. The molecule has 4 nitrogen and oxygen atoms in total. The number of allylic oxidation sites excluding steroid dienone is 3. The Kier molecular flexibility index (Phi) is 8.53. The lowest BCUT2D eigenvalue weighted by atomic mass is 9.99. The van der Waals surface area contributed by atoms with Gasteiger partial charge in [0, 0.05) is 11.1 Å². The normalized spacial score (nSPS) is 13.5. The average Bonchev–Trinajstić information content (AvgIpc) is 2.82. The molecule has 0 spiro atoms. The summed E-state index contributed by atoms with van der Waals surface area (Å²) >= 11 is 0. The molecule has 0 N–H and O–H groups in total. The molecule has 1 aliphatic heterocycles. The Bertz CT molecular complexity index is 1190. The van der Waals surface area contributed by atoms with Crippen LogP contribution in [0, 0.1) is 0 Å². The summed E-state index contributed by atoms with van der Waals surface area (Å²) in [6, 6.07) is 9.46. The maximum atomic E-state index is 13.3. The van der Waals surface area contributed by atoms with E-state index in [1.165, 1.54) is 5.57 Å². The number of carbonyl (C=O) groups is 1. The second-order valence-corrected chi connectivity index (χ2v) is 9.14. The third-order valence-electron chi connectivity index (χ3n) is 5.40. The number of benzene rings is 2. The van der Waals surface area contributed by atoms with E-state index in [2.05, 4.69) is 25.3 Å². The van der Waals surface area contributed by atoms with Gasteiger partial charge in [-0.15, -0.1) is 0 Å². The van der Waals surface area contributed by atoms with Crippen LogP contribution in [0.3, 0.4) is 0 Å². The Balaban J connectivity index is 1.95. The molecule has 0 radical (unpaired) electrons. The monoisotopic (exact) mass is 470 g/mol. The molecule has 2 aromatic carbocycles. The predicted octanol–water partition coefficient (Wildman–Crippen LogP) is 7.41. The lowest BCUT2D eigenvalue weighted by Crippen LogP contribution is -2.27. The summed E-state index contributed by atoms with van der Waals surface area (Å²) in [6.45, 7) is 16.2. The van der Waals surface area contributed by atoms with E-state index in [1.807, 2.05) is 64.1 Å². The van der Waals surface area contributed by atoms with Gasteiger partial charge in [-0.05, 0) is 76.1 Å². The van der Waals surface area contributed by atoms with Crippen molar-refractivity contribution < 1.29 is 19.0 Å². The van der Waals surface area contributed by atoms with Crippen LogP contribution in [-0.2, 0) is 6.42 Å². The van der Waals surface area contributed by atoms with Gasteiger partial charge in [-0.1, -0.05) is 55.2 Å². The fraction of sp³-hybridized carbons (Fsp3) is 0.258. The smallest absolute Gasteiger partial charge is 0.189 e. The Morgan fingerprint density at radius 3 is 2.51 bits per heavy atom. The van der Waals surface area contributed by atoms with Crippen LogP contribution in [0.1, 0.15) is 54.7 Å². The minimum absolute atomic E-state index is 0.150. The molecule has 4 heteroatoms. The summed E-state index contributed by atoms with van der Waals surface area (Å²) in [5.74, 6) is 1.87. The van der Waals surface area contributed by atoms with E-state index in [1.54, 1.807) is 24.3 Å². The molecule has 2 aromatic rings. The van der Waals surface area contributed by atoms with Crippen molar-refractivity contribution in [2.45, 2.75) is 39.7 Å². The second kappa shape index (κ2) is 11.6. The number of ketones is 1. The number of rotatable bonds is 11. The highest BCUT2D eigenvalue weighted by molar-refractivity contribution is 6.09. The average molecular weight is 471 g/mol. The fourth-order valence-corrected chi connectivity index (χ4v) is 3.66. The molecule has 0 amide bonds. The zero-order chi connectivity index (χ0) is 25.4. The molecule has 0 aromatic heterocycles.